The van der Waals surface area contributed by atoms with Gasteiger partial charge in [-0.2, -0.15) is 0 Å². The second-order valence-electron chi connectivity index (χ2n) is 5.45. The van der Waals surface area contributed by atoms with Crippen LogP contribution >= 0.6 is 11.3 Å². The molecule has 7 nitrogen and oxygen atoms in total. The zero-order valence-electron chi connectivity index (χ0n) is 14.2. The Morgan fingerprint density at radius 1 is 1.27 bits per heavy atom. The molecule has 0 saturated carbocycles. The van der Waals surface area contributed by atoms with Crippen molar-refractivity contribution in [3.05, 3.63) is 41.2 Å². The van der Waals surface area contributed by atoms with Gasteiger partial charge in [-0.1, -0.05) is 6.92 Å². The molecule has 1 heterocycles. The van der Waals surface area contributed by atoms with Crippen LogP contribution < -0.4 is 10.6 Å². The zero-order valence-corrected chi connectivity index (χ0v) is 15.1. The molecule has 9 heteroatoms. The summed E-state index contributed by atoms with van der Waals surface area (Å²) in [5.41, 5.74) is 0.695. The standard InChI is InChI=1S/C17H18FN3O4S/c1-3-10(2)19-17(24)21-14(22)8-25-16(23)13-9-26-15(20-13)11-4-6-12(18)7-5-11/h4-7,9-10H,3,8H2,1-2H3,(H2,19,21,22,24)/t10-/m1/s1. The van der Waals surface area contributed by atoms with Gasteiger partial charge in [-0.25, -0.2) is 19.0 Å². The van der Waals surface area contributed by atoms with E-state index >= 15 is 0 Å². The third-order valence-corrected chi connectivity index (χ3v) is 4.27. The molecule has 1 aromatic carbocycles. The van der Waals surface area contributed by atoms with Gasteiger partial charge in [0.2, 0.25) is 0 Å². The fraction of sp³-hybridized carbons (Fsp3) is 0.294. The van der Waals surface area contributed by atoms with Gasteiger partial charge in [-0.3, -0.25) is 10.1 Å². The van der Waals surface area contributed by atoms with Gasteiger partial charge in [0.25, 0.3) is 5.91 Å². The maximum Gasteiger partial charge on any atom is 0.358 e. The number of thiazole rings is 1. The summed E-state index contributed by atoms with van der Waals surface area (Å²) < 4.78 is 17.8. The number of esters is 1. The van der Waals surface area contributed by atoms with Crippen LogP contribution in [0.4, 0.5) is 9.18 Å². The molecule has 2 N–H and O–H groups in total. The van der Waals surface area contributed by atoms with Crippen molar-refractivity contribution in [1.82, 2.24) is 15.6 Å². The van der Waals surface area contributed by atoms with Gasteiger partial charge in [-0.05, 0) is 37.6 Å². The number of hydrogen-bond acceptors (Lipinski definition) is 6. The summed E-state index contributed by atoms with van der Waals surface area (Å²) in [6.45, 7) is 3.09. The molecule has 0 aliphatic carbocycles. The Hall–Kier alpha value is -2.81. The summed E-state index contributed by atoms with van der Waals surface area (Å²) in [4.78, 5) is 39.2. The SMILES string of the molecule is CC[C@@H](C)NC(=O)NC(=O)COC(=O)c1csc(-c2ccc(F)cc2)n1. The molecule has 0 radical (unpaired) electrons. The van der Waals surface area contributed by atoms with Crippen molar-refractivity contribution in [2.75, 3.05) is 6.61 Å². The Bertz CT molecular complexity index is 792. The molecule has 2 aromatic rings. The van der Waals surface area contributed by atoms with Crippen LogP contribution in [0.2, 0.25) is 0 Å². The summed E-state index contributed by atoms with van der Waals surface area (Å²) in [5, 5.41) is 6.63. The van der Waals surface area contributed by atoms with Crippen LogP contribution in [0.1, 0.15) is 30.8 Å². The van der Waals surface area contributed by atoms with Gasteiger partial charge in [0, 0.05) is 17.0 Å². The molecular formula is C17H18FN3O4S. The highest BCUT2D eigenvalue weighted by molar-refractivity contribution is 7.13. The molecule has 26 heavy (non-hydrogen) atoms. The Labute approximate surface area is 153 Å². The predicted molar refractivity (Wildman–Crippen MR) is 94.2 cm³/mol. The van der Waals surface area contributed by atoms with Crippen LogP contribution in [0.3, 0.4) is 0 Å². The number of carbonyl (C=O) groups excluding carboxylic acids is 3. The monoisotopic (exact) mass is 379 g/mol. The van der Waals surface area contributed by atoms with Gasteiger partial charge < -0.3 is 10.1 Å². The van der Waals surface area contributed by atoms with E-state index in [1.54, 1.807) is 19.1 Å². The quantitative estimate of drug-likeness (QED) is 0.752. The molecule has 0 fully saturated rings. The molecule has 2 rings (SSSR count). The first-order valence-electron chi connectivity index (χ1n) is 7.88. The number of hydrogen-bond donors (Lipinski definition) is 2. The summed E-state index contributed by atoms with van der Waals surface area (Å²) in [6, 6.07) is 4.96. The third-order valence-electron chi connectivity index (χ3n) is 3.38. The first-order chi connectivity index (χ1) is 12.4. The smallest absolute Gasteiger partial charge is 0.358 e. The van der Waals surface area contributed by atoms with E-state index in [1.165, 1.54) is 28.8 Å². The number of nitrogens with zero attached hydrogens (tertiary/aromatic N) is 1. The number of amides is 3. The molecule has 3 amide bonds. The van der Waals surface area contributed by atoms with Gasteiger partial charge in [0.05, 0.1) is 0 Å². The van der Waals surface area contributed by atoms with Crippen molar-refractivity contribution in [2.45, 2.75) is 26.3 Å². The molecule has 1 aromatic heterocycles. The summed E-state index contributed by atoms with van der Waals surface area (Å²) in [5.74, 6) is -1.89. The Morgan fingerprint density at radius 3 is 2.62 bits per heavy atom. The number of benzene rings is 1. The van der Waals surface area contributed by atoms with E-state index in [1.807, 2.05) is 6.92 Å². The van der Waals surface area contributed by atoms with Crippen LogP contribution in [-0.4, -0.2) is 35.5 Å². The van der Waals surface area contributed by atoms with E-state index in [0.29, 0.717) is 10.6 Å². The fourth-order valence-electron chi connectivity index (χ4n) is 1.82. The van der Waals surface area contributed by atoms with E-state index in [-0.39, 0.29) is 17.6 Å². The van der Waals surface area contributed by atoms with Crippen molar-refractivity contribution >= 4 is 29.2 Å². The van der Waals surface area contributed by atoms with Crippen molar-refractivity contribution in [3.63, 3.8) is 0 Å². The van der Waals surface area contributed by atoms with Gasteiger partial charge in [0.15, 0.2) is 12.3 Å². The average Bonchev–Trinajstić information content (AvgIpc) is 3.10. The highest BCUT2D eigenvalue weighted by Crippen LogP contribution is 2.24. The maximum atomic E-state index is 12.9. The lowest BCUT2D eigenvalue weighted by atomic mass is 10.2. The minimum Gasteiger partial charge on any atom is -0.451 e. The number of imide groups is 1. The highest BCUT2D eigenvalue weighted by Gasteiger charge is 2.16. The Kier molecular flexibility index (Phi) is 6.79. The number of rotatable bonds is 6. The second-order valence-corrected chi connectivity index (χ2v) is 6.31. The van der Waals surface area contributed by atoms with Gasteiger partial charge in [-0.15, -0.1) is 11.3 Å². The first-order valence-corrected chi connectivity index (χ1v) is 8.76. The lowest BCUT2D eigenvalue weighted by molar-refractivity contribution is -0.123. The zero-order chi connectivity index (χ0) is 19.1. The highest BCUT2D eigenvalue weighted by atomic mass is 32.1. The van der Waals surface area contributed by atoms with Crippen molar-refractivity contribution in [2.24, 2.45) is 0 Å². The van der Waals surface area contributed by atoms with Crippen LogP contribution in [0.15, 0.2) is 29.6 Å². The predicted octanol–water partition coefficient (Wildman–Crippen LogP) is 2.73. The van der Waals surface area contributed by atoms with Crippen LogP contribution in [0, 0.1) is 5.82 Å². The molecule has 0 unspecified atom stereocenters. The second kappa shape index (κ2) is 9.04. The largest absolute Gasteiger partial charge is 0.451 e. The topological polar surface area (TPSA) is 97.4 Å². The van der Waals surface area contributed by atoms with E-state index in [4.69, 9.17) is 4.74 Å². The molecular weight excluding hydrogens is 361 g/mol. The minimum absolute atomic E-state index is 0.0335. The normalized spacial score (nSPS) is 11.5. The van der Waals surface area contributed by atoms with E-state index < -0.39 is 24.5 Å². The fourth-order valence-corrected chi connectivity index (χ4v) is 2.62. The average molecular weight is 379 g/mol. The van der Waals surface area contributed by atoms with Gasteiger partial charge in [0.1, 0.15) is 10.8 Å². The molecule has 0 spiro atoms. The Morgan fingerprint density at radius 2 is 1.96 bits per heavy atom. The number of urea groups is 1. The van der Waals surface area contributed by atoms with Crippen molar-refractivity contribution in [3.8, 4) is 10.6 Å². The molecule has 0 aliphatic rings. The Balaban J connectivity index is 1.85. The van der Waals surface area contributed by atoms with E-state index in [9.17, 15) is 18.8 Å². The first kappa shape index (κ1) is 19.5. The third kappa shape index (κ3) is 5.62. The van der Waals surface area contributed by atoms with Crippen molar-refractivity contribution in [1.29, 1.82) is 0 Å². The van der Waals surface area contributed by atoms with E-state index in [2.05, 4.69) is 15.6 Å². The van der Waals surface area contributed by atoms with Crippen LogP contribution in [-0.2, 0) is 9.53 Å². The molecule has 0 bridgehead atoms. The number of ether oxygens (including phenoxy) is 1. The van der Waals surface area contributed by atoms with Crippen molar-refractivity contribution < 1.29 is 23.5 Å². The summed E-state index contributed by atoms with van der Waals surface area (Å²) >= 11 is 1.19. The molecule has 0 aliphatic heterocycles. The number of nitrogens with one attached hydrogen (secondary N) is 2. The molecule has 138 valence electrons. The summed E-state index contributed by atoms with van der Waals surface area (Å²) in [6.07, 6.45) is 0.719. The lowest BCUT2D eigenvalue weighted by Gasteiger charge is -2.11. The van der Waals surface area contributed by atoms with Gasteiger partial charge >= 0.3 is 12.0 Å². The lowest BCUT2D eigenvalue weighted by Crippen LogP contribution is -2.44. The van der Waals surface area contributed by atoms with Crippen LogP contribution in [0.5, 0.6) is 0 Å². The summed E-state index contributed by atoms with van der Waals surface area (Å²) in [7, 11) is 0. The molecule has 0 saturated heterocycles. The van der Waals surface area contributed by atoms with E-state index in [0.717, 1.165) is 6.42 Å². The maximum absolute atomic E-state index is 12.9. The minimum atomic E-state index is -0.785. The number of carbonyl (C=O) groups is 3. The molecule has 1 atom stereocenters. The number of aromatic nitrogens is 1. The van der Waals surface area contributed by atoms with Crippen LogP contribution in [0.25, 0.3) is 10.6 Å². The number of halogens is 1.